The van der Waals surface area contributed by atoms with Crippen molar-refractivity contribution in [2.45, 2.75) is 12.8 Å². The highest BCUT2D eigenvalue weighted by atomic mass is 16.5. The average Bonchev–Trinajstić information content (AvgIpc) is 3.18. The first-order valence-electron chi connectivity index (χ1n) is 9.79. The number of para-hydroxylation sites is 1. The van der Waals surface area contributed by atoms with Gasteiger partial charge in [-0.25, -0.2) is 4.79 Å². The van der Waals surface area contributed by atoms with Gasteiger partial charge in [-0.05, 0) is 48.7 Å². The fourth-order valence-electron chi connectivity index (χ4n) is 3.68. The van der Waals surface area contributed by atoms with Gasteiger partial charge in [0.15, 0.2) is 0 Å². The molecule has 7 heteroatoms. The number of nitrogens with one attached hydrogen (secondary N) is 1. The van der Waals surface area contributed by atoms with E-state index in [0.29, 0.717) is 31.1 Å². The molecule has 1 aliphatic heterocycles. The third-order valence-electron chi connectivity index (χ3n) is 5.06. The minimum Gasteiger partial charge on any atom is -0.492 e. The van der Waals surface area contributed by atoms with E-state index in [1.807, 2.05) is 49.5 Å². The Balaban J connectivity index is 1.61. The Labute approximate surface area is 170 Å². The number of hydrogen-bond acceptors (Lipinski definition) is 4. The van der Waals surface area contributed by atoms with E-state index in [0.717, 1.165) is 29.8 Å². The summed E-state index contributed by atoms with van der Waals surface area (Å²) < 4.78 is 7.57. The fraction of sp³-hybridized carbons (Fsp3) is 0.273. The van der Waals surface area contributed by atoms with Gasteiger partial charge < -0.3 is 15.8 Å². The summed E-state index contributed by atoms with van der Waals surface area (Å²) in [7, 11) is 1.87. The summed E-state index contributed by atoms with van der Waals surface area (Å²) in [5.74, 6) is 0.709. The van der Waals surface area contributed by atoms with Crippen molar-refractivity contribution < 1.29 is 9.53 Å². The lowest BCUT2D eigenvalue weighted by Crippen LogP contribution is -2.38. The van der Waals surface area contributed by atoms with Crippen LogP contribution in [0.2, 0.25) is 0 Å². The standard InChI is InChI=1S/C22H25N5O2/c1-26-20(10-12-24-26)18-15-17(8-9-21(18)29-14-11-23)25-22(28)27-13-4-6-16-5-2-3-7-19(16)27/h2-3,5,7-10,12,15H,4,6,11,13-14,23H2,1H3,(H,25,28). The number of benzene rings is 2. The number of carbonyl (C=O) groups is 1. The van der Waals surface area contributed by atoms with Crippen LogP contribution in [0.3, 0.4) is 0 Å². The van der Waals surface area contributed by atoms with E-state index in [4.69, 9.17) is 10.5 Å². The Morgan fingerprint density at radius 1 is 1.24 bits per heavy atom. The Bertz CT molecular complexity index is 1010. The van der Waals surface area contributed by atoms with E-state index >= 15 is 0 Å². The van der Waals surface area contributed by atoms with E-state index in [9.17, 15) is 4.79 Å². The molecular weight excluding hydrogens is 366 g/mol. The van der Waals surface area contributed by atoms with Crippen LogP contribution in [-0.4, -0.2) is 35.5 Å². The van der Waals surface area contributed by atoms with Gasteiger partial charge in [0.2, 0.25) is 0 Å². The molecule has 1 aliphatic rings. The molecule has 0 radical (unpaired) electrons. The summed E-state index contributed by atoms with van der Waals surface area (Å²) in [5, 5.41) is 7.28. The van der Waals surface area contributed by atoms with Crippen LogP contribution in [0, 0.1) is 0 Å². The van der Waals surface area contributed by atoms with E-state index in [-0.39, 0.29) is 6.03 Å². The molecule has 0 saturated carbocycles. The molecule has 0 unspecified atom stereocenters. The quantitative estimate of drug-likeness (QED) is 0.698. The summed E-state index contributed by atoms with van der Waals surface area (Å²) >= 11 is 0. The first kappa shape index (κ1) is 19.0. The summed E-state index contributed by atoms with van der Waals surface area (Å²) in [6.45, 7) is 1.55. The number of nitrogens with zero attached hydrogens (tertiary/aromatic N) is 3. The molecule has 0 atom stereocenters. The first-order valence-corrected chi connectivity index (χ1v) is 9.79. The summed E-state index contributed by atoms with van der Waals surface area (Å²) in [6, 6.07) is 15.5. The minimum atomic E-state index is -0.135. The highest BCUT2D eigenvalue weighted by molar-refractivity contribution is 6.03. The van der Waals surface area contributed by atoms with E-state index in [2.05, 4.69) is 16.5 Å². The predicted octanol–water partition coefficient (Wildman–Crippen LogP) is 3.41. The van der Waals surface area contributed by atoms with Gasteiger partial charge in [0.05, 0.1) is 5.69 Å². The average molecular weight is 391 g/mol. The van der Waals surface area contributed by atoms with Crippen molar-refractivity contribution in [3.63, 3.8) is 0 Å². The zero-order chi connectivity index (χ0) is 20.2. The van der Waals surface area contributed by atoms with Crippen molar-refractivity contribution in [3.8, 4) is 17.0 Å². The van der Waals surface area contributed by atoms with E-state index in [1.165, 1.54) is 5.56 Å². The number of rotatable bonds is 5. The van der Waals surface area contributed by atoms with Gasteiger partial charge in [0.25, 0.3) is 0 Å². The number of ether oxygens (including phenoxy) is 1. The third-order valence-corrected chi connectivity index (χ3v) is 5.06. The van der Waals surface area contributed by atoms with Crippen molar-refractivity contribution in [2.24, 2.45) is 12.8 Å². The Hall–Kier alpha value is -3.32. The van der Waals surface area contributed by atoms with Gasteiger partial charge in [-0.3, -0.25) is 9.58 Å². The van der Waals surface area contributed by atoms with Crippen LogP contribution in [0.15, 0.2) is 54.7 Å². The number of fused-ring (bicyclic) bond motifs is 1. The number of aryl methyl sites for hydroxylation is 2. The number of nitrogens with two attached hydrogens (primary N) is 1. The monoisotopic (exact) mass is 391 g/mol. The molecule has 1 aromatic heterocycles. The van der Waals surface area contributed by atoms with Crippen molar-refractivity contribution in [1.29, 1.82) is 0 Å². The number of hydrogen-bond donors (Lipinski definition) is 2. The molecule has 0 spiro atoms. The number of aromatic nitrogens is 2. The fourth-order valence-corrected chi connectivity index (χ4v) is 3.68. The summed E-state index contributed by atoms with van der Waals surface area (Å²) in [5.41, 5.74) is 10.2. The van der Waals surface area contributed by atoms with Crippen LogP contribution in [-0.2, 0) is 13.5 Å². The first-order chi connectivity index (χ1) is 14.2. The van der Waals surface area contributed by atoms with Crippen molar-refractivity contribution >= 4 is 17.4 Å². The SMILES string of the molecule is Cn1nccc1-c1cc(NC(=O)N2CCCc3ccccc32)ccc1OCCN. The molecular formula is C22H25N5O2. The maximum Gasteiger partial charge on any atom is 0.326 e. The number of carbonyl (C=O) groups excluding carboxylic acids is 1. The van der Waals surface area contributed by atoms with Gasteiger partial charge in [0, 0.05) is 43.3 Å². The lowest BCUT2D eigenvalue weighted by Gasteiger charge is -2.29. The second-order valence-corrected chi connectivity index (χ2v) is 7.00. The van der Waals surface area contributed by atoms with Gasteiger partial charge in [-0.2, -0.15) is 5.10 Å². The molecule has 4 rings (SSSR count). The van der Waals surface area contributed by atoms with E-state index < -0.39 is 0 Å². The zero-order valence-corrected chi connectivity index (χ0v) is 16.5. The smallest absolute Gasteiger partial charge is 0.326 e. The van der Waals surface area contributed by atoms with Crippen molar-refractivity contribution in [1.82, 2.24) is 9.78 Å². The Morgan fingerprint density at radius 3 is 2.90 bits per heavy atom. The molecule has 2 heterocycles. The Kier molecular flexibility index (Phi) is 5.48. The second kappa shape index (κ2) is 8.36. The molecule has 0 saturated heterocycles. The van der Waals surface area contributed by atoms with Crippen LogP contribution < -0.4 is 20.7 Å². The molecule has 3 aromatic rings. The normalized spacial score (nSPS) is 13.1. The maximum atomic E-state index is 13.0. The molecule has 29 heavy (non-hydrogen) atoms. The molecule has 0 aliphatic carbocycles. The number of amides is 2. The number of urea groups is 1. The zero-order valence-electron chi connectivity index (χ0n) is 16.5. The minimum absolute atomic E-state index is 0.135. The third kappa shape index (κ3) is 3.95. The Morgan fingerprint density at radius 2 is 2.10 bits per heavy atom. The molecule has 3 N–H and O–H groups in total. The van der Waals surface area contributed by atoms with Crippen LogP contribution in [0.1, 0.15) is 12.0 Å². The largest absolute Gasteiger partial charge is 0.492 e. The second-order valence-electron chi connectivity index (χ2n) is 7.00. The van der Waals surface area contributed by atoms with Crippen LogP contribution in [0.4, 0.5) is 16.2 Å². The van der Waals surface area contributed by atoms with Gasteiger partial charge in [-0.1, -0.05) is 18.2 Å². The predicted molar refractivity (Wildman–Crippen MR) is 114 cm³/mol. The molecule has 2 aromatic carbocycles. The molecule has 0 fully saturated rings. The van der Waals surface area contributed by atoms with Crippen molar-refractivity contribution in [3.05, 3.63) is 60.3 Å². The molecule has 7 nitrogen and oxygen atoms in total. The van der Waals surface area contributed by atoms with Crippen LogP contribution in [0.5, 0.6) is 5.75 Å². The van der Waals surface area contributed by atoms with Gasteiger partial charge in [-0.15, -0.1) is 0 Å². The lowest BCUT2D eigenvalue weighted by molar-refractivity contribution is 0.256. The topological polar surface area (TPSA) is 85.4 Å². The van der Waals surface area contributed by atoms with Crippen molar-refractivity contribution in [2.75, 3.05) is 29.9 Å². The van der Waals surface area contributed by atoms with Crippen LogP contribution >= 0.6 is 0 Å². The van der Waals surface area contributed by atoms with Gasteiger partial charge >= 0.3 is 6.03 Å². The molecule has 0 bridgehead atoms. The highest BCUT2D eigenvalue weighted by Crippen LogP contribution is 2.33. The molecule has 2 amide bonds. The summed E-state index contributed by atoms with van der Waals surface area (Å²) in [4.78, 5) is 14.8. The van der Waals surface area contributed by atoms with Gasteiger partial charge in [0.1, 0.15) is 12.4 Å². The maximum absolute atomic E-state index is 13.0. The summed E-state index contributed by atoms with van der Waals surface area (Å²) in [6.07, 6.45) is 3.69. The lowest BCUT2D eigenvalue weighted by atomic mass is 10.0. The van der Waals surface area contributed by atoms with Crippen LogP contribution in [0.25, 0.3) is 11.3 Å². The molecule has 150 valence electrons. The number of anilines is 2. The highest BCUT2D eigenvalue weighted by Gasteiger charge is 2.22. The van der Waals surface area contributed by atoms with E-state index in [1.54, 1.807) is 15.8 Å².